The van der Waals surface area contributed by atoms with E-state index in [1.54, 1.807) is 24.6 Å². The average Bonchev–Trinajstić information content (AvgIpc) is 3.23. The summed E-state index contributed by atoms with van der Waals surface area (Å²) < 4.78 is 0. The molecule has 1 atom stereocenters. The third-order valence-corrected chi connectivity index (χ3v) is 6.10. The van der Waals surface area contributed by atoms with Crippen molar-refractivity contribution in [3.05, 3.63) is 53.3 Å². The largest absolute Gasteiger partial charge is 0.359 e. The highest BCUT2D eigenvalue weighted by atomic mass is 32.1. The van der Waals surface area contributed by atoms with Gasteiger partial charge < -0.3 is 10.6 Å². The van der Waals surface area contributed by atoms with Crippen LogP contribution >= 0.6 is 11.3 Å². The molecule has 0 aromatic carbocycles. The van der Waals surface area contributed by atoms with E-state index in [9.17, 15) is 4.79 Å². The first-order chi connectivity index (χ1) is 14.6. The van der Waals surface area contributed by atoms with E-state index in [2.05, 4.69) is 22.5 Å². The van der Waals surface area contributed by atoms with E-state index in [0.29, 0.717) is 12.3 Å². The molecular weight excluding hydrogens is 394 g/mol. The number of pyridine rings is 2. The maximum atomic E-state index is 11.5. The molecule has 0 bridgehead atoms. The second-order valence-electron chi connectivity index (χ2n) is 7.37. The molecule has 3 heterocycles. The molecule has 30 heavy (non-hydrogen) atoms. The molecule has 1 unspecified atom stereocenters. The Balaban J connectivity index is 1.71. The highest BCUT2D eigenvalue weighted by molar-refractivity contribution is 7.15. The summed E-state index contributed by atoms with van der Waals surface area (Å²) >= 11 is 1.70. The Morgan fingerprint density at radius 3 is 2.80 bits per heavy atom. The van der Waals surface area contributed by atoms with Crippen LogP contribution < -0.4 is 10.6 Å². The predicted octanol–water partition coefficient (Wildman–Crippen LogP) is 5.45. The lowest BCUT2D eigenvalue weighted by Gasteiger charge is -2.12. The van der Waals surface area contributed by atoms with Crippen molar-refractivity contribution in [2.75, 3.05) is 12.4 Å². The maximum Gasteiger partial charge on any atom is 0.219 e. The molecule has 0 saturated heterocycles. The van der Waals surface area contributed by atoms with Crippen LogP contribution in [0.15, 0.2) is 42.7 Å². The number of nitrogens with one attached hydrogen (secondary N) is 2. The SMILES string of the molecule is CCCC(CCCC(=O)NC)c1ncc(-c2cccc(Nc3cc(C)ccn3)n2)s1. The summed E-state index contributed by atoms with van der Waals surface area (Å²) in [5.41, 5.74) is 2.05. The van der Waals surface area contributed by atoms with Crippen molar-refractivity contribution < 1.29 is 4.79 Å². The fourth-order valence-corrected chi connectivity index (χ4v) is 4.40. The third kappa shape index (κ3) is 6.10. The highest BCUT2D eigenvalue weighted by Gasteiger charge is 2.17. The number of anilines is 2. The van der Waals surface area contributed by atoms with E-state index in [1.807, 2.05) is 43.5 Å². The molecule has 0 radical (unpaired) electrons. The van der Waals surface area contributed by atoms with Crippen molar-refractivity contribution in [3.8, 4) is 10.6 Å². The highest BCUT2D eigenvalue weighted by Crippen LogP contribution is 2.34. The molecule has 0 aliphatic carbocycles. The Labute approximate surface area is 182 Å². The van der Waals surface area contributed by atoms with Gasteiger partial charge in [0.2, 0.25) is 5.91 Å². The second-order valence-corrected chi connectivity index (χ2v) is 8.43. The van der Waals surface area contributed by atoms with Gasteiger partial charge in [-0.05, 0) is 56.0 Å². The predicted molar refractivity (Wildman–Crippen MR) is 123 cm³/mol. The smallest absolute Gasteiger partial charge is 0.219 e. The molecule has 0 saturated carbocycles. The average molecular weight is 424 g/mol. The van der Waals surface area contributed by atoms with Crippen LogP contribution in [0.4, 0.5) is 11.6 Å². The lowest BCUT2D eigenvalue weighted by molar-refractivity contribution is -0.120. The van der Waals surface area contributed by atoms with Crippen LogP contribution in [-0.2, 0) is 4.79 Å². The van der Waals surface area contributed by atoms with Gasteiger partial charge in [0, 0.05) is 31.8 Å². The van der Waals surface area contributed by atoms with Crippen molar-refractivity contribution in [2.24, 2.45) is 0 Å². The Hall–Kier alpha value is -2.80. The number of carbonyl (C=O) groups excluding carboxylic acids is 1. The maximum absolute atomic E-state index is 11.5. The van der Waals surface area contributed by atoms with E-state index in [0.717, 1.165) is 58.5 Å². The van der Waals surface area contributed by atoms with Gasteiger partial charge in [-0.1, -0.05) is 19.4 Å². The van der Waals surface area contributed by atoms with Gasteiger partial charge in [0.25, 0.3) is 0 Å². The minimum Gasteiger partial charge on any atom is -0.359 e. The quantitative estimate of drug-likeness (QED) is 0.453. The van der Waals surface area contributed by atoms with Gasteiger partial charge >= 0.3 is 0 Å². The zero-order chi connectivity index (χ0) is 21.3. The number of hydrogen-bond donors (Lipinski definition) is 2. The molecular formula is C23H29N5OS. The first-order valence-corrected chi connectivity index (χ1v) is 11.2. The normalized spacial score (nSPS) is 11.8. The standard InChI is InChI=1S/C23H29N5OS/c1-4-7-17(8-5-11-22(29)24-3)23-26-15-19(30-23)18-9-6-10-20(27-18)28-21-14-16(2)12-13-25-21/h6,9-10,12-15,17H,4-5,7-8,11H2,1-3H3,(H,24,29)(H,25,27,28). The Morgan fingerprint density at radius 1 is 1.17 bits per heavy atom. The van der Waals surface area contributed by atoms with Crippen LogP contribution in [0.2, 0.25) is 0 Å². The number of thiazole rings is 1. The Morgan fingerprint density at radius 2 is 2.03 bits per heavy atom. The number of amides is 1. The molecule has 3 aromatic heterocycles. The zero-order valence-corrected chi connectivity index (χ0v) is 18.6. The third-order valence-electron chi connectivity index (χ3n) is 4.92. The first-order valence-electron chi connectivity index (χ1n) is 10.4. The minimum atomic E-state index is 0.0988. The fraction of sp³-hybridized carbons (Fsp3) is 0.391. The number of carbonyl (C=O) groups is 1. The number of aromatic nitrogens is 3. The van der Waals surface area contributed by atoms with E-state index in [1.165, 1.54) is 0 Å². The van der Waals surface area contributed by atoms with Crippen LogP contribution in [0.1, 0.15) is 55.5 Å². The van der Waals surface area contributed by atoms with Crippen molar-refractivity contribution >= 4 is 28.9 Å². The number of hydrogen-bond acceptors (Lipinski definition) is 6. The topological polar surface area (TPSA) is 79.8 Å². The molecule has 1 amide bonds. The lowest BCUT2D eigenvalue weighted by Crippen LogP contribution is -2.17. The van der Waals surface area contributed by atoms with E-state index < -0.39 is 0 Å². The molecule has 2 N–H and O–H groups in total. The van der Waals surface area contributed by atoms with E-state index in [4.69, 9.17) is 9.97 Å². The van der Waals surface area contributed by atoms with Crippen LogP contribution in [0.25, 0.3) is 10.6 Å². The van der Waals surface area contributed by atoms with Gasteiger partial charge in [-0.15, -0.1) is 11.3 Å². The van der Waals surface area contributed by atoms with Gasteiger partial charge in [-0.3, -0.25) is 4.79 Å². The second kappa shape index (κ2) is 10.8. The van der Waals surface area contributed by atoms with Gasteiger partial charge in [-0.25, -0.2) is 15.0 Å². The minimum absolute atomic E-state index is 0.0988. The van der Waals surface area contributed by atoms with Gasteiger partial charge in [-0.2, -0.15) is 0 Å². The lowest BCUT2D eigenvalue weighted by atomic mass is 9.97. The van der Waals surface area contributed by atoms with Gasteiger partial charge in [0.1, 0.15) is 11.6 Å². The summed E-state index contributed by atoms with van der Waals surface area (Å²) in [6, 6.07) is 9.90. The first kappa shape index (κ1) is 21.9. The summed E-state index contributed by atoms with van der Waals surface area (Å²) in [6.07, 6.45) is 8.29. The molecule has 3 rings (SSSR count). The van der Waals surface area contributed by atoms with Crippen molar-refractivity contribution in [1.29, 1.82) is 0 Å². The monoisotopic (exact) mass is 423 g/mol. The molecule has 6 nitrogen and oxygen atoms in total. The molecule has 7 heteroatoms. The Bertz CT molecular complexity index is 971. The number of rotatable bonds is 10. The van der Waals surface area contributed by atoms with E-state index >= 15 is 0 Å². The van der Waals surface area contributed by atoms with Crippen molar-refractivity contribution in [2.45, 2.75) is 51.9 Å². The fourth-order valence-electron chi connectivity index (χ4n) is 3.35. The summed E-state index contributed by atoms with van der Waals surface area (Å²) in [5.74, 6) is 2.03. The molecule has 0 spiro atoms. The van der Waals surface area contributed by atoms with Gasteiger partial charge in [0.15, 0.2) is 0 Å². The molecule has 0 fully saturated rings. The number of aryl methyl sites for hydroxylation is 1. The van der Waals surface area contributed by atoms with Crippen LogP contribution in [0, 0.1) is 6.92 Å². The molecule has 0 aliphatic heterocycles. The van der Waals surface area contributed by atoms with Crippen molar-refractivity contribution in [3.63, 3.8) is 0 Å². The molecule has 0 aliphatic rings. The van der Waals surface area contributed by atoms with E-state index in [-0.39, 0.29) is 5.91 Å². The zero-order valence-electron chi connectivity index (χ0n) is 17.8. The summed E-state index contributed by atoms with van der Waals surface area (Å²) in [4.78, 5) is 26.4. The van der Waals surface area contributed by atoms with Crippen molar-refractivity contribution in [1.82, 2.24) is 20.3 Å². The summed E-state index contributed by atoms with van der Waals surface area (Å²) in [7, 11) is 1.68. The summed E-state index contributed by atoms with van der Waals surface area (Å²) in [5, 5.41) is 7.09. The summed E-state index contributed by atoms with van der Waals surface area (Å²) in [6.45, 7) is 4.23. The molecule has 3 aromatic rings. The van der Waals surface area contributed by atoms with Gasteiger partial charge in [0.05, 0.1) is 15.6 Å². The van der Waals surface area contributed by atoms with Crippen LogP contribution in [-0.4, -0.2) is 27.9 Å². The number of nitrogens with zero attached hydrogens (tertiary/aromatic N) is 3. The molecule has 158 valence electrons. The van der Waals surface area contributed by atoms with Crippen LogP contribution in [0.5, 0.6) is 0 Å². The van der Waals surface area contributed by atoms with Crippen LogP contribution in [0.3, 0.4) is 0 Å². The Kier molecular flexibility index (Phi) is 7.90.